The molecule has 1 rings (SSSR count). The van der Waals surface area contributed by atoms with Gasteiger partial charge in [0.15, 0.2) is 12.2 Å². The molecule has 0 unspecified atom stereocenters. The minimum absolute atomic E-state index is 0.0482. The monoisotopic (exact) mass is 159 g/mol. The molecule has 3 nitrogen and oxygen atoms in total. The second-order valence-electron chi connectivity index (χ2n) is 1.81. The third-order valence-electron chi connectivity index (χ3n) is 1.13. The lowest BCUT2D eigenvalue weighted by atomic mass is 10.3. The van der Waals surface area contributed by atoms with Crippen LogP contribution in [-0.2, 0) is 0 Å². The molecule has 54 valence electrons. The van der Waals surface area contributed by atoms with Gasteiger partial charge in [0.2, 0.25) is 0 Å². The Morgan fingerprint density at radius 1 is 1.90 bits per heavy atom. The second kappa shape index (κ2) is 2.84. The van der Waals surface area contributed by atoms with E-state index in [1.165, 1.54) is 6.39 Å². The molecule has 0 saturated heterocycles. The van der Waals surface area contributed by atoms with Gasteiger partial charge in [-0.25, -0.2) is 4.98 Å². The van der Waals surface area contributed by atoms with Crippen LogP contribution in [0.4, 0.5) is 0 Å². The summed E-state index contributed by atoms with van der Waals surface area (Å²) in [5.74, 6) is 0.270. The van der Waals surface area contributed by atoms with Crippen LogP contribution in [0.5, 0.6) is 0 Å². The minimum atomic E-state index is -0.201. The largest absolute Gasteiger partial charge is 0.448 e. The number of halogens is 1. The quantitative estimate of drug-likeness (QED) is 0.484. The van der Waals surface area contributed by atoms with Gasteiger partial charge in [0, 0.05) is 0 Å². The first-order chi connectivity index (χ1) is 4.75. The molecule has 0 N–H and O–H groups in total. The standard InChI is InChI=1S/C6H6ClNO2/c1-4-6(5(9)2-7)8-3-10-4/h3H,2H2,1H3. The first-order valence-corrected chi connectivity index (χ1v) is 3.28. The average molecular weight is 160 g/mol. The Morgan fingerprint density at radius 2 is 2.60 bits per heavy atom. The average Bonchev–Trinajstić information content (AvgIpc) is 2.34. The molecule has 0 fully saturated rings. The van der Waals surface area contributed by atoms with Crippen molar-refractivity contribution in [2.24, 2.45) is 0 Å². The maximum absolute atomic E-state index is 10.8. The summed E-state index contributed by atoms with van der Waals surface area (Å²) < 4.78 is 4.80. The van der Waals surface area contributed by atoms with Crippen molar-refractivity contribution in [3.8, 4) is 0 Å². The number of carbonyl (C=O) groups is 1. The van der Waals surface area contributed by atoms with Gasteiger partial charge in [-0.1, -0.05) is 0 Å². The van der Waals surface area contributed by atoms with Crippen molar-refractivity contribution in [2.45, 2.75) is 6.92 Å². The van der Waals surface area contributed by atoms with E-state index in [4.69, 9.17) is 16.0 Å². The summed E-state index contributed by atoms with van der Waals surface area (Å²) in [5.41, 5.74) is 0.329. The Labute approximate surface area is 63.0 Å². The first-order valence-electron chi connectivity index (χ1n) is 2.75. The SMILES string of the molecule is Cc1ocnc1C(=O)CCl. The van der Waals surface area contributed by atoms with Crippen LogP contribution in [0.25, 0.3) is 0 Å². The van der Waals surface area contributed by atoms with Crippen LogP contribution in [0.2, 0.25) is 0 Å². The highest BCUT2D eigenvalue weighted by molar-refractivity contribution is 6.30. The molecule has 1 aromatic heterocycles. The summed E-state index contributed by atoms with van der Waals surface area (Å²) in [7, 11) is 0. The highest BCUT2D eigenvalue weighted by atomic mass is 35.5. The molecule has 0 atom stereocenters. The zero-order chi connectivity index (χ0) is 7.56. The lowest BCUT2D eigenvalue weighted by Gasteiger charge is -1.87. The van der Waals surface area contributed by atoms with E-state index in [9.17, 15) is 4.79 Å². The summed E-state index contributed by atoms with van der Waals surface area (Å²) in [6.07, 6.45) is 1.23. The Kier molecular flexibility index (Phi) is 2.06. The van der Waals surface area contributed by atoms with Gasteiger partial charge in [0.25, 0.3) is 0 Å². The topological polar surface area (TPSA) is 43.1 Å². The van der Waals surface area contributed by atoms with E-state index in [-0.39, 0.29) is 11.7 Å². The van der Waals surface area contributed by atoms with Crippen LogP contribution in [0, 0.1) is 6.92 Å². The molecule has 1 aromatic rings. The molecular formula is C6H6ClNO2. The molecule has 0 aliphatic heterocycles. The van der Waals surface area contributed by atoms with Crippen LogP contribution in [0.1, 0.15) is 16.2 Å². The summed E-state index contributed by atoms with van der Waals surface area (Å²) in [4.78, 5) is 14.5. The zero-order valence-electron chi connectivity index (χ0n) is 5.43. The highest BCUT2D eigenvalue weighted by Gasteiger charge is 2.10. The number of aryl methyl sites for hydroxylation is 1. The Bertz CT molecular complexity index is 244. The predicted octanol–water partition coefficient (Wildman–Crippen LogP) is 1.40. The lowest BCUT2D eigenvalue weighted by molar-refractivity contribution is 0.101. The lowest BCUT2D eigenvalue weighted by Crippen LogP contribution is -2.01. The molecule has 0 amide bonds. The number of carbonyl (C=O) groups excluding carboxylic acids is 1. The number of ketones is 1. The van der Waals surface area contributed by atoms with E-state index in [0.717, 1.165) is 0 Å². The van der Waals surface area contributed by atoms with Crippen molar-refractivity contribution in [1.82, 2.24) is 4.98 Å². The molecule has 0 bridgehead atoms. The number of hydrogen-bond acceptors (Lipinski definition) is 3. The van der Waals surface area contributed by atoms with Gasteiger partial charge in [-0.15, -0.1) is 11.6 Å². The zero-order valence-corrected chi connectivity index (χ0v) is 6.18. The molecule has 1 heterocycles. The Balaban J connectivity index is 2.93. The van der Waals surface area contributed by atoms with Crippen LogP contribution >= 0.6 is 11.6 Å². The Hall–Kier alpha value is -0.830. The van der Waals surface area contributed by atoms with E-state index in [0.29, 0.717) is 11.5 Å². The van der Waals surface area contributed by atoms with Gasteiger partial charge in [-0.3, -0.25) is 4.79 Å². The van der Waals surface area contributed by atoms with Crippen LogP contribution in [0.15, 0.2) is 10.8 Å². The number of oxazole rings is 1. The van der Waals surface area contributed by atoms with Crippen molar-refractivity contribution in [3.63, 3.8) is 0 Å². The van der Waals surface area contributed by atoms with Gasteiger partial charge in [0.05, 0.1) is 5.88 Å². The molecule has 0 spiro atoms. The van der Waals surface area contributed by atoms with E-state index < -0.39 is 0 Å². The third kappa shape index (κ3) is 1.19. The van der Waals surface area contributed by atoms with Crippen molar-refractivity contribution in [1.29, 1.82) is 0 Å². The van der Waals surface area contributed by atoms with Gasteiger partial charge in [0.1, 0.15) is 11.5 Å². The predicted molar refractivity (Wildman–Crippen MR) is 36.3 cm³/mol. The maximum atomic E-state index is 10.8. The molecule has 10 heavy (non-hydrogen) atoms. The second-order valence-corrected chi connectivity index (χ2v) is 2.08. The van der Waals surface area contributed by atoms with Gasteiger partial charge in [-0.2, -0.15) is 0 Å². The first kappa shape index (κ1) is 7.28. The summed E-state index contributed by atoms with van der Waals surface area (Å²) in [5, 5.41) is 0. The molecule has 0 aliphatic rings. The van der Waals surface area contributed by atoms with Crippen LogP contribution in [0.3, 0.4) is 0 Å². The van der Waals surface area contributed by atoms with Crippen LogP contribution < -0.4 is 0 Å². The number of rotatable bonds is 2. The molecular weight excluding hydrogens is 154 g/mol. The van der Waals surface area contributed by atoms with E-state index in [1.54, 1.807) is 6.92 Å². The molecule has 0 aliphatic carbocycles. The van der Waals surface area contributed by atoms with Crippen molar-refractivity contribution in [2.75, 3.05) is 5.88 Å². The van der Waals surface area contributed by atoms with Crippen molar-refractivity contribution < 1.29 is 9.21 Å². The number of Topliss-reactive ketones (excluding diaryl/α,β-unsaturated/α-hetero) is 1. The Morgan fingerprint density at radius 3 is 3.00 bits per heavy atom. The number of aromatic nitrogens is 1. The van der Waals surface area contributed by atoms with Gasteiger partial charge in [-0.05, 0) is 6.92 Å². The van der Waals surface area contributed by atoms with Crippen molar-refractivity contribution in [3.05, 3.63) is 17.8 Å². The summed E-state index contributed by atoms with van der Waals surface area (Å²) in [6, 6.07) is 0. The maximum Gasteiger partial charge on any atom is 0.199 e. The number of alkyl halides is 1. The number of nitrogens with zero attached hydrogens (tertiary/aromatic N) is 1. The number of hydrogen-bond donors (Lipinski definition) is 0. The fraction of sp³-hybridized carbons (Fsp3) is 0.333. The molecule has 4 heteroatoms. The minimum Gasteiger partial charge on any atom is -0.448 e. The highest BCUT2D eigenvalue weighted by Crippen LogP contribution is 2.05. The van der Waals surface area contributed by atoms with E-state index in [1.807, 2.05) is 0 Å². The molecule has 0 saturated carbocycles. The van der Waals surface area contributed by atoms with Gasteiger partial charge < -0.3 is 4.42 Å². The summed E-state index contributed by atoms with van der Waals surface area (Å²) >= 11 is 5.28. The molecule has 0 aromatic carbocycles. The fourth-order valence-corrected chi connectivity index (χ4v) is 0.763. The van der Waals surface area contributed by atoms with Gasteiger partial charge >= 0.3 is 0 Å². The smallest absolute Gasteiger partial charge is 0.199 e. The molecule has 0 radical (unpaired) electrons. The van der Waals surface area contributed by atoms with E-state index in [2.05, 4.69) is 4.98 Å². The van der Waals surface area contributed by atoms with E-state index >= 15 is 0 Å². The summed E-state index contributed by atoms with van der Waals surface area (Å²) in [6.45, 7) is 1.67. The normalized spacial score (nSPS) is 9.80. The van der Waals surface area contributed by atoms with Crippen LogP contribution in [-0.4, -0.2) is 16.6 Å². The van der Waals surface area contributed by atoms with Crippen molar-refractivity contribution >= 4 is 17.4 Å². The fourth-order valence-electron chi connectivity index (χ4n) is 0.636. The third-order valence-corrected chi connectivity index (χ3v) is 1.37.